The molecule has 0 unspecified atom stereocenters. The molecule has 0 radical (unpaired) electrons. The van der Waals surface area contributed by atoms with Crippen LogP contribution in [0.5, 0.6) is 0 Å². The molecule has 208 valence electrons. The van der Waals surface area contributed by atoms with E-state index in [1.54, 1.807) is 0 Å². The van der Waals surface area contributed by atoms with Crippen molar-refractivity contribution < 1.29 is 50.3 Å². The molecule has 0 aromatic heterocycles. The third-order valence-corrected chi connectivity index (χ3v) is 10.2. The smallest absolute Gasteiger partial charge is 0.186 e. The number of aliphatic hydroxyl groups is 8. The molecule has 4 aliphatic rings. The van der Waals surface area contributed by atoms with Gasteiger partial charge in [0.2, 0.25) is 0 Å². The van der Waals surface area contributed by atoms with Crippen molar-refractivity contribution in [3.05, 3.63) is 11.6 Å². The van der Waals surface area contributed by atoms with Gasteiger partial charge in [-0.3, -0.25) is 0 Å². The maximum atomic E-state index is 10.7. The Morgan fingerprint density at radius 2 is 1.69 bits per heavy atom. The highest BCUT2D eigenvalue weighted by molar-refractivity contribution is 5.24. The first kappa shape index (κ1) is 28.4. The minimum atomic E-state index is -1.53. The predicted octanol–water partition coefficient (Wildman–Crippen LogP) is -0.951. The number of ether oxygens (including phenoxy) is 2. The highest BCUT2D eigenvalue weighted by Gasteiger charge is 2.60. The monoisotopic (exact) mass is 516 g/mol. The molecule has 0 amide bonds. The third kappa shape index (κ3) is 4.47. The van der Waals surface area contributed by atoms with Gasteiger partial charge < -0.3 is 50.3 Å². The van der Waals surface area contributed by atoms with Crippen LogP contribution in [0, 0.1) is 28.6 Å². The van der Waals surface area contributed by atoms with Gasteiger partial charge in [-0.05, 0) is 61.7 Å². The molecule has 4 rings (SSSR count). The average Bonchev–Trinajstić information content (AvgIpc) is 2.89. The molecular weight excluding hydrogens is 472 g/mol. The van der Waals surface area contributed by atoms with Crippen LogP contribution >= 0.6 is 0 Å². The molecular formula is C26H44O10. The predicted molar refractivity (Wildman–Crippen MR) is 127 cm³/mol. The van der Waals surface area contributed by atoms with Gasteiger partial charge in [0.05, 0.1) is 32.5 Å². The zero-order valence-electron chi connectivity index (χ0n) is 21.2. The Morgan fingerprint density at radius 1 is 1.00 bits per heavy atom. The Hall–Kier alpha value is -0.660. The molecule has 2 saturated carbocycles. The van der Waals surface area contributed by atoms with E-state index in [0.29, 0.717) is 25.7 Å². The number of rotatable bonds is 7. The normalized spacial score (nSPS) is 47.6. The molecule has 0 bridgehead atoms. The van der Waals surface area contributed by atoms with Crippen LogP contribution in [0.15, 0.2) is 11.6 Å². The van der Waals surface area contributed by atoms with Gasteiger partial charge in [-0.2, -0.15) is 0 Å². The molecule has 0 aromatic carbocycles. The van der Waals surface area contributed by atoms with Crippen LogP contribution in [-0.4, -0.2) is 110 Å². The van der Waals surface area contributed by atoms with Crippen molar-refractivity contribution in [2.45, 2.75) is 94.8 Å². The Balaban J connectivity index is 1.55. The molecule has 3 fully saturated rings. The molecule has 36 heavy (non-hydrogen) atoms. The second-order valence-electron chi connectivity index (χ2n) is 12.0. The lowest BCUT2D eigenvalue weighted by Gasteiger charge is -2.61. The fraction of sp³-hybridized carbons (Fsp3) is 0.923. The number of hydrogen-bond acceptors (Lipinski definition) is 10. The average molecular weight is 517 g/mol. The minimum absolute atomic E-state index is 0.0542. The number of hydrogen-bond donors (Lipinski definition) is 8. The van der Waals surface area contributed by atoms with Crippen LogP contribution in [0.2, 0.25) is 0 Å². The van der Waals surface area contributed by atoms with Gasteiger partial charge in [0.25, 0.3) is 0 Å². The number of allylic oxidation sites excluding steroid dienone is 2. The third-order valence-electron chi connectivity index (χ3n) is 10.2. The fourth-order valence-corrected chi connectivity index (χ4v) is 7.75. The van der Waals surface area contributed by atoms with Gasteiger partial charge in [-0.15, -0.1) is 0 Å². The summed E-state index contributed by atoms with van der Waals surface area (Å²) in [4.78, 5) is 0. The van der Waals surface area contributed by atoms with Crippen molar-refractivity contribution in [1.82, 2.24) is 0 Å². The summed E-state index contributed by atoms with van der Waals surface area (Å²) in [5.74, 6) is 0.0805. The van der Waals surface area contributed by atoms with E-state index in [4.69, 9.17) is 9.47 Å². The first-order chi connectivity index (χ1) is 17.0. The van der Waals surface area contributed by atoms with Crippen molar-refractivity contribution in [2.24, 2.45) is 28.6 Å². The summed E-state index contributed by atoms with van der Waals surface area (Å²) in [5.41, 5.74) is -1.08. The lowest BCUT2D eigenvalue weighted by Crippen LogP contribution is -2.63. The molecule has 1 aliphatic heterocycles. The molecule has 8 N–H and O–H groups in total. The van der Waals surface area contributed by atoms with Crippen LogP contribution in [0.4, 0.5) is 0 Å². The Labute approximate surface area is 212 Å². The molecule has 10 nitrogen and oxygen atoms in total. The highest BCUT2D eigenvalue weighted by Crippen LogP contribution is 2.63. The van der Waals surface area contributed by atoms with Gasteiger partial charge >= 0.3 is 0 Å². The van der Waals surface area contributed by atoms with E-state index in [-0.39, 0.29) is 29.8 Å². The van der Waals surface area contributed by atoms with E-state index in [9.17, 15) is 40.9 Å². The van der Waals surface area contributed by atoms with Crippen molar-refractivity contribution in [1.29, 1.82) is 0 Å². The van der Waals surface area contributed by atoms with Crippen LogP contribution in [0.3, 0.4) is 0 Å². The minimum Gasteiger partial charge on any atom is -0.396 e. The Kier molecular flexibility index (Phi) is 8.26. The van der Waals surface area contributed by atoms with Crippen molar-refractivity contribution in [3.63, 3.8) is 0 Å². The maximum absolute atomic E-state index is 10.7. The Bertz CT molecular complexity index is 800. The van der Waals surface area contributed by atoms with Crippen LogP contribution in [0.25, 0.3) is 0 Å². The molecule has 3 aliphatic carbocycles. The van der Waals surface area contributed by atoms with Crippen LogP contribution < -0.4 is 0 Å². The summed E-state index contributed by atoms with van der Waals surface area (Å²) in [6.07, 6.45) is -0.909. The Morgan fingerprint density at radius 3 is 2.31 bits per heavy atom. The SMILES string of the molecule is C[C@]1(CO)[C@@H]2CC=C3C[C@@H](C(O)(CO)CO)CC[C@@H]3[C@@]2(C)CC[C@@H]1O[C@@H]1O[C@H](CO)[C@@H](O)[C@H](O)[C@H]1O. The topological polar surface area (TPSA) is 180 Å². The summed E-state index contributed by atoms with van der Waals surface area (Å²) in [5, 5.41) is 81.0. The summed E-state index contributed by atoms with van der Waals surface area (Å²) < 4.78 is 11.8. The highest BCUT2D eigenvalue weighted by atomic mass is 16.7. The first-order valence-electron chi connectivity index (χ1n) is 13.2. The molecule has 11 atom stereocenters. The van der Waals surface area contributed by atoms with Gasteiger partial charge in [-0.25, -0.2) is 0 Å². The van der Waals surface area contributed by atoms with E-state index < -0.39 is 67.6 Å². The summed E-state index contributed by atoms with van der Waals surface area (Å²) in [6.45, 7) is 2.58. The van der Waals surface area contributed by atoms with Gasteiger partial charge in [0.1, 0.15) is 30.0 Å². The van der Waals surface area contributed by atoms with Gasteiger partial charge in [0.15, 0.2) is 6.29 Å². The van der Waals surface area contributed by atoms with Crippen LogP contribution in [0.1, 0.15) is 52.4 Å². The zero-order valence-corrected chi connectivity index (χ0v) is 21.2. The van der Waals surface area contributed by atoms with Crippen molar-refractivity contribution in [3.8, 4) is 0 Å². The largest absolute Gasteiger partial charge is 0.396 e. The lowest BCUT2D eigenvalue weighted by molar-refractivity contribution is -0.329. The molecule has 10 heteroatoms. The van der Waals surface area contributed by atoms with Gasteiger partial charge in [0, 0.05) is 5.41 Å². The second-order valence-corrected chi connectivity index (χ2v) is 12.0. The van der Waals surface area contributed by atoms with E-state index in [1.807, 2.05) is 6.92 Å². The maximum Gasteiger partial charge on any atom is 0.186 e. The lowest BCUT2D eigenvalue weighted by atomic mass is 9.45. The zero-order chi connectivity index (χ0) is 26.5. The van der Waals surface area contributed by atoms with Gasteiger partial charge in [-0.1, -0.05) is 25.5 Å². The van der Waals surface area contributed by atoms with E-state index in [1.165, 1.54) is 5.57 Å². The van der Waals surface area contributed by atoms with Crippen molar-refractivity contribution in [2.75, 3.05) is 26.4 Å². The van der Waals surface area contributed by atoms with Crippen molar-refractivity contribution >= 4 is 0 Å². The molecule has 0 spiro atoms. The van der Waals surface area contributed by atoms with E-state index in [0.717, 1.165) is 12.8 Å². The summed E-state index contributed by atoms with van der Waals surface area (Å²) in [6, 6.07) is 0. The van der Waals surface area contributed by atoms with Crippen LogP contribution in [-0.2, 0) is 9.47 Å². The summed E-state index contributed by atoms with van der Waals surface area (Å²) in [7, 11) is 0. The number of aliphatic hydroxyl groups excluding tert-OH is 7. The standard InChI is InChI=1S/C26H44O10/c1-24-8-7-19(36-23-22(33)21(32)20(31)17(10-27)35-23)25(2,11-28)18(24)6-3-14-9-15(4-5-16(14)24)26(34,12-29)13-30/h3,15-23,27-34H,4-13H2,1-2H3/t15-,16-,17+,18+,19-,20+,21-,22+,23-,24+,25-/m0/s1. The van der Waals surface area contributed by atoms with E-state index in [2.05, 4.69) is 13.0 Å². The number of fused-ring (bicyclic) bond motifs is 3. The second kappa shape index (κ2) is 10.5. The quantitative estimate of drug-likeness (QED) is 0.197. The summed E-state index contributed by atoms with van der Waals surface area (Å²) >= 11 is 0. The van der Waals surface area contributed by atoms with E-state index >= 15 is 0 Å². The fourth-order valence-electron chi connectivity index (χ4n) is 7.75. The molecule has 0 aromatic rings. The molecule has 1 saturated heterocycles. The first-order valence-corrected chi connectivity index (χ1v) is 13.2. The molecule has 1 heterocycles.